The van der Waals surface area contributed by atoms with Crippen LogP contribution in [0, 0.1) is 0 Å². The third-order valence-corrected chi connectivity index (χ3v) is 11.2. The molecule has 0 fully saturated rings. The van der Waals surface area contributed by atoms with Crippen molar-refractivity contribution in [2.24, 2.45) is 10.2 Å². The van der Waals surface area contributed by atoms with Crippen LogP contribution in [0.3, 0.4) is 0 Å². The Balaban J connectivity index is 1.57. The van der Waals surface area contributed by atoms with Gasteiger partial charge in [0.15, 0.2) is 0 Å². The molecule has 0 aliphatic carbocycles. The average molecular weight is 757 g/mol. The van der Waals surface area contributed by atoms with E-state index in [1.54, 1.807) is 0 Å². The maximum atomic E-state index is 9.34. The molecule has 12 nitrogen and oxygen atoms in total. The van der Waals surface area contributed by atoms with Gasteiger partial charge >= 0.3 is 0 Å². The van der Waals surface area contributed by atoms with Crippen molar-refractivity contribution < 1.29 is 0 Å². The lowest BCUT2D eigenvalue weighted by molar-refractivity contribution is 0.629. The zero-order chi connectivity index (χ0) is 39.9. The number of azide groups is 2. The highest BCUT2D eigenvalue weighted by molar-refractivity contribution is 5.54. The molecule has 1 aliphatic rings. The molecule has 1 aliphatic heterocycles. The molecular weight excluding hydrogens is 697 g/mol. The Morgan fingerprint density at radius 2 is 0.696 bits per heavy atom. The van der Waals surface area contributed by atoms with Crippen LogP contribution < -0.4 is 21.3 Å². The van der Waals surface area contributed by atoms with Crippen LogP contribution in [0.25, 0.3) is 20.9 Å². The van der Waals surface area contributed by atoms with Gasteiger partial charge in [0.25, 0.3) is 0 Å². The lowest BCUT2D eigenvalue weighted by atomic mass is 9.83. The molecule has 0 saturated heterocycles. The molecule has 3 heterocycles. The Morgan fingerprint density at radius 1 is 0.429 bits per heavy atom. The molecule has 0 spiro atoms. The fraction of sp³-hybridized carbons (Fsp3) is 0.500. The van der Waals surface area contributed by atoms with E-state index in [0.29, 0.717) is 65.4 Å². The molecule has 0 unspecified atom stereocenters. The van der Waals surface area contributed by atoms with Crippen LogP contribution in [0.5, 0.6) is 0 Å². The highest BCUT2D eigenvalue weighted by Crippen LogP contribution is 2.33. The van der Waals surface area contributed by atoms with Crippen molar-refractivity contribution in [3.63, 3.8) is 0 Å². The van der Waals surface area contributed by atoms with Crippen LogP contribution in [0.1, 0.15) is 131 Å². The highest BCUT2D eigenvalue weighted by atomic mass is 15.1. The van der Waals surface area contributed by atoms with Gasteiger partial charge in [-0.25, -0.2) is 0 Å². The lowest BCUT2D eigenvalue weighted by Gasteiger charge is -2.26. The van der Waals surface area contributed by atoms with E-state index in [9.17, 15) is 11.1 Å². The second kappa shape index (κ2) is 21.5. The van der Waals surface area contributed by atoms with Gasteiger partial charge in [-0.15, -0.1) is 0 Å². The molecule has 2 aromatic heterocycles. The molecule has 0 radical (unpaired) electrons. The number of aromatic nitrogens is 2. The topological polar surface area (TPSA) is 171 Å². The predicted molar refractivity (Wildman–Crippen MR) is 226 cm³/mol. The molecule has 5 rings (SSSR count). The minimum atomic E-state index is 0.345. The van der Waals surface area contributed by atoms with Crippen LogP contribution in [0.2, 0.25) is 0 Å². The van der Waals surface area contributed by atoms with Gasteiger partial charge in [-0.05, 0) is 141 Å². The van der Waals surface area contributed by atoms with Crippen molar-refractivity contribution in [1.29, 1.82) is 0 Å². The fourth-order valence-corrected chi connectivity index (χ4v) is 8.90. The van der Waals surface area contributed by atoms with Crippen LogP contribution >= 0.6 is 0 Å². The van der Waals surface area contributed by atoms with Gasteiger partial charge < -0.3 is 21.3 Å². The van der Waals surface area contributed by atoms with Gasteiger partial charge in [0.2, 0.25) is 0 Å². The summed E-state index contributed by atoms with van der Waals surface area (Å²) < 4.78 is 0. The maximum Gasteiger partial charge on any atom is 0.0545 e. The normalized spacial score (nSPS) is 14.0. The first-order chi connectivity index (χ1) is 27.5. The van der Waals surface area contributed by atoms with E-state index in [1.807, 2.05) is 0 Å². The molecule has 0 saturated carbocycles. The third-order valence-electron chi connectivity index (χ3n) is 11.2. The molecular formula is C44H60N12. The summed E-state index contributed by atoms with van der Waals surface area (Å²) in [5, 5.41) is 23.1. The summed E-state index contributed by atoms with van der Waals surface area (Å²) in [6.45, 7) is 19.3. The molecule has 4 aromatic rings. The van der Waals surface area contributed by atoms with Gasteiger partial charge in [-0.3, -0.25) is 9.97 Å². The Hall–Kier alpha value is -4.80. The SMILES string of the molecule is CCc1c(CN=[N+]=[N-])c(CC)c2c(CC)c1CNCc1cccc(n1)CNCc1c(CC)c(CN=[N+]=[N-])c(CC)c(c1CC)CNCc1cccc(n1)CNC2. The number of rotatable bonds is 10. The number of nitrogens with zero attached hydrogens (tertiary/aromatic N) is 8. The molecule has 56 heavy (non-hydrogen) atoms. The number of fused-ring (bicyclic) bond motifs is 8. The second-order valence-corrected chi connectivity index (χ2v) is 14.3. The average Bonchev–Trinajstić information content (AvgIpc) is 3.21. The van der Waals surface area contributed by atoms with Gasteiger partial charge in [0.1, 0.15) is 0 Å². The van der Waals surface area contributed by atoms with E-state index in [1.165, 1.54) is 55.6 Å². The summed E-state index contributed by atoms with van der Waals surface area (Å²) in [6.07, 6.45) is 5.26. The van der Waals surface area contributed by atoms with Crippen molar-refractivity contribution in [3.8, 4) is 0 Å². The van der Waals surface area contributed by atoms with Crippen molar-refractivity contribution >= 4 is 0 Å². The smallest absolute Gasteiger partial charge is 0.0545 e. The molecule has 0 atom stereocenters. The summed E-state index contributed by atoms with van der Waals surface area (Å²) >= 11 is 0. The van der Waals surface area contributed by atoms with Crippen LogP contribution in [-0.2, 0) is 104 Å². The standard InChI is InChI=1S/C44H60N12/c1-7-33-39-23-47-19-29-15-13-17-31(53-29)21-49-25-41-34(8-2)42(38(12-6)44(28-52-56-46)37(41)11-5)26-50-22-32-18-14-16-30(54-32)20-48-24-40(33)36(10-4)43(27-51-55-45)35(39)9-3/h13-18,47-50H,7-12,19-28H2,1-6H3. The van der Waals surface area contributed by atoms with Crippen LogP contribution in [0.15, 0.2) is 46.6 Å². The highest BCUT2D eigenvalue weighted by Gasteiger charge is 2.23. The minimum Gasteiger partial charge on any atom is -0.307 e. The van der Waals surface area contributed by atoms with E-state index < -0.39 is 0 Å². The molecule has 4 N–H and O–H groups in total. The number of hydrogen-bond acceptors (Lipinski definition) is 8. The number of hydrogen-bond donors (Lipinski definition) is 4. The molecule has 8 bridgehead atoms. The molecule has 2 aromatic carbocycles. The summed E-state index contributed by atoms with van der Waals surface area (Å²) in [4.78, 5) is 16.4. The van der Waals surface area contributed by atoms with Crippen molar-refractivity contribution in [2.75, 3.05) is 0 Å². The Bertz CT molecular complexity index is 1800. The summed E-state index contributed by atoms with van der Waals surface area (Å²) in [6, 6.07) is 12.5. The maximum absolute atomic E-state index is 9.34. The summed E-state index contributed by atoms with van der Waals surface area (Å²) in [7, 11) is 0. The molecule has 296 valence electrons. The largest absolute Gasteiger partial charge is 0.307 e. The van der Waals surface area contributed by atoms with Gasteiger partial charge in [-0.1, -0.05) is 63.9 Å². The van der Waals surface area contributed by atoms with E-state index >= 15 is 0 Å². The fourth-order valence-electron chi connectivity index (χ4n) is 8.90. The number of pyridine rings is 2. The van der Waals surface area contributed by atoms with E-state index in [0.717, 1.165) is 72.4 Å². The number of nitrogens with one attached hydrogen (secondary N) is 4. The quantitative estimate of drug-likeness (QED) is 0.0715. The zero-order valence-electron chi connectivity index (χ0n) is 34.4. The van der Waals surface area contributed by atoms with E-state index in [2.05, 4.69) is 119 Å². The first-order valence-electron chi connectivity index (χ1n) is 20.5. The number of benzene rings is 2. The zero-order valence-corrected chi connectivity index (χ0v) is 34.4. The third kappa shape index (κ3) is 9.95. The second-order valence-electron chi connectivity index (χ2n) is 14.3. The van der Waals surface area contributed by atoms with E-state index in [4.69, 9.17) is 9.97 Å². The minimum absolute atomic E-state index is 0.345. The Morgan fingerprint density at radius 3 is 0.929 bits per heavy atom. The van der Waals surface area contributed by atoms with E-state index in [-0.39, 0.29) is 0 Å². The Kier molecular flexibility index (Phi) is 16.2. The van der Waals surface area contributed by atoms with Gasteiger partial charge in [0, 0.05) is 62.2 Å². The monoisotopic (exact) mass is 757 g/mol. The first kappa shape index (κ1) is 42.3. The van der Waals surface area contributed by atoms with Crippen molar-refractivity contribution in [1.82, 2.24) is 31.2 Å². The molecule has 0 amide bonds. The molecule has 12 heteroatoms. The lowest BCUT2D eigenvalue weighted by Crippen LogP contribution is -2.24. The van der Waals surface area contributed by atoms with Gasteiger partial charge in [-0.2, -0.15) is 0 Å². The summed E-state index contributed by atoms with van der Waals surface area (Å²) in [5.41, 5.74) is 38.1. The summed E-state index contributed by atoms with van der Waals surface area (Å²) in [5.74, 6) is 0. The van der Waals surface area contributed by atoms with Crippen LogP contribution in [0.4, 0.5) is 0 Å². The van der Waals surface area contributed by atoms with Crippen LogP contribution in [-0.4, -0.2) is 9.97 Å². The van der Waals surface area contributed by atoms with Gasteiger partial charge in [0.05, 0.1) is 35.9 Å². The van der Waals surface area contributed by atoms with Crippen molar-refractivity contribution in [2.45, 2.75) is 146 Å². The van der Waals surface area contributed by atoms with Crippen molar-refractivity contribution in [3.05, 3.63) is 147 Å². The predicted octanol–water partition coefficient (Wildman–Crippen LogP) is 8.94. The first-order valence-corrected chi connectivity index (χ1v) is 20.5. The Labute approximate surface area is 333 Å².